The second-order valence-electron chi connectivity index (χ2n) is 4.59. The number of likely N-dealkylation sites (N-methyl/N-ethyl adjacent to an activating group) is 1. The average Bonchev–Trinajstić information content (AvgIpc) is 2.42. The molecule has 5 heteroatoms. The molecule has 104 valence electrons. The molecule has 0 bridgehead atoms. The fourth-order valence-electron chi connectivity index (χ4n) is 1.34. The van der Waals surface area contributed by atoms with Crippen LogP contribution in [0.1, 0.15) is 24.2 Å². The van der Waals surface area contributed by atoms with Gasteiger partial charge in [0, 0.05) is 12.6 Å². The van der Waals surface area contributed by atoms with E-state index < -0.39 is 0 Å². The van der Waals surface area contributed by atoms with Gasteiger partial charge in [-0.05, 0) is 24.1 Å². The quantitative estimate of drug-likeness (QED) is 0.811. The van der Waals surface area contributed by atoms with Crippen LogP contribution in [0.4, 0.5) is 0 Å². The molecule has 19 heavy (non-hydrogen) atoms. The van der Waals surface area contributed by atoms with Gasteiger partial charge in [0.05, 0.1) is 13.2 Å². The highest BCUT2D eigenvalue weighted by Gasteiger charge is 2.08. The van der Waals surface area contributed by atoms with Gasteiger partial charge in [0.25, 0.3) is 5.91 Å². The van der Waals surface area contributed by atoms with Crippen molar-refractivity contribution in [3.63, 3.8) is 0 Å². The Morgan fingerprint density at radius 3 is 2.68 bits per heavy atom. The van der Waals surface area contributed by atoms with Crippen LogP contribution in [0.15, 0.2) is 24.3 Å². The minimum absolute atomic E-state index is 0.0353. The molecule has 0 saturated carbocycles. The molecule has 0 aliphatic heterocycles. The van der Waals surface area contributed by atoms with E-state index >= 15 is 0 Å². The molecule has 0 aliphatic rings. The van der Waals surface area contributed by atoms with Gasteiger partial charge < -0.3 is 15.4 Å². The van der Waals surface area contributed by atoms with E-state index in [4.69, 9.17) is 4.74 Å². The van der Waals surface area contributed by atoms with Gasteiger partial charge in [0.15, 0.2) is 0 Å². The number of ether oxygens (including phenoxy) is 1. The molecule has 1 aromatic rings. The highest BCUT2D eigenvalue weighted by molar-refractivity contribution is 5.96. The summed E-state index contributed by atoms with van der Waals surface area (Å²) in [5.41, 5.74) is 0.477. The van der Waals surface area contributed by atoms with Crippen LogP contribution in [0, 0.1) is 5.92 Å². The molecule has 0 radical (unpaired) electrons. The van der Waals surface area contributed by atoms with Crippen molar-refractivity contribution < 1.29 is 14.3 Å². The van der Waals surface area contributed by atoms with Gasteiger partial charge in [-0.2, -0.15) is 0 Å². The Bertz CT molecular complexity index is 444. The first-order valence-electron chi connectivity index (χ1n) is 6.24. The molecule has 0 spiro atoms. The molecule has 0 aliphatic carbocycles. The summed E-state index contributed by atoms with van der Waals surface area (Å²) in [6.07, 6.45) is 0. The minimum Gasteiger partial charge on any atom is -0.493 e. The lowest BCUT2D eigenvalue weighted by atomic mass is 10.2. The van der Waals surface area contributed by atoms with E-state index in [1.54, 1.807) is 24.3 Å². The van der Waals surface area contributed by atoms with E-state index in [2.05, 4.69) is 24.5 Å². The Labute approximate surface area is 113 Å². The van der Waals surface area contributed by atoms with Gasteiger partial charge in [-0.25, -0.2) is 0 Å². The molecule has 5 nitrogen and oxygen atoms in total. The molecule has 0 aromatic heterocycles. The number of carbonyl (C=O) groups excluding carboxylic acids is 2. The maximum absolute atomic E-state index is 11.8. The fraction of sp³-hybridized carbons (Fsp3) is 0.429. The summed E-state index contributed by atoms with van der Waals surface area (Å²) in [4.78, 5) is 22.9. The predicted molar refractivity (Wildman–Crippen MR) is 73.2 cm³/mol. The Kier molecular flexibility index (Phi) is 5.85. The normalized spacial score (nSPS) is 10.1. The van der Waals surface area contributed by atoms with E-state index in [0.29, 0.717) is 23.8 Å². The second kappa shape index (κ2) is 7.41. The Morgan fingerprint density at radius 1 is 1.32 bits per heavy atom. The minimum atomic E-state index is -0.293. The summed E-state index contributed by atoms with van der Waals surface area (Å²) in [5.74, 6) is 0.547. The lowest BCUT2D eigenvalue weighted by Gasteiger charge is -2.10. The molecule has 0 fully saturated rings. The zero-order chi connectivity index (χ0) is 14.3. The molecule has 0 atom stereocenters. The van der Waals surface area contributed by atoms with E-state index in [1.165, 1.54) is 7.05 Å². The zero-order valence-corrected chi connectivity index (χ0v) is 11.5. The number of hydrogen-bond donors (Lipinski definition) is 2. The van der Waals surface area contributed by atoms with Crippen molar-refractivity contribution in [2.24, 2.45) is 5.92 Å². The van der Waals surface area contributed by atoms with Gasteiger partial charge in [-0.15, -0.1) is 0 Å². The van der Waals surface area contributed by atoms with Crippen LogP contribution < -0.4 is 15.4 Å². The lowest BCUT2D eigenvalue weighted by Crippen LogP contribution is -2.35. The van der Waals surface area contributed by atoms with Crippen molar-refractivity contribution in [2.45, 2.75) is 13.8 Å². The Morgan fingerprint density at radius 2 is 2.05 bits per heavy atom. The third kappa shape index (κ3) is 5.42. The van der Waals surface area contributed by atoms with Gasteiger partial charge in [-0.3, -0.25) is 9.59 Å². The molecule has 0 heterocycles. The first-order chi connectivity index (χ1) is 9.02. The molecule has 2 amide bonds. The Hall–Kier alpha value is -2.04. The average molecular weight is 264 g/mol. The maximum atomic E-state index is 11.8. The van der Waals surface area contributed by atoms with E-state index in [9.17, 15) is 9.59 Å². The largest absolute Gasteiger partial charge is 0.493 e. The maximum Gasteiger partial charge on any atom is 0.251 e. The monoisotopic (exact) mass is 264 g/mol. The van der Waals surface area contributed by atoms with Crippen molar-refractivity contribution in [2.75, 3.05) is 20.2 Å². The van der Waals surface area contributed by atoms with Crippen LogP contribution in [0.25, 0.3) is 0 Å². The third-order valence-corrected chi connectivity index (χ3v) is 2.37. The molecule has 0 saturated heterocycles. The van der Waals surface area contributed by atoms with Crippen molar-refractivity contribution >= 4 is 11.8 Å². The van der Waals surface area contributed by atoms with Crippen LogP contribution in [-0.4, -0.2) is 32.0 Å². The van der Waals surface area contributed by atoms with E-state index in [0.717, 1.165) is 0 Å². The summed E-state index contributed by atoms with van der Waals surface area (Å²) in [6, 6.07) is 6.91. The molecule has 0 unspecified atom stereocenters. The topological polar surface area (TPSA) is 67.4 Å². The number of amides is 2. The van der Waals surface area contributed by atoms with Gasteiger partial charge in [0.2, 0.25) is 5.91 Å². The first-order valence-corrected chi connectivity index (χ1v) is 6.24. The summed E-state index contributed by atoms with van der Waals surface area (Å²) in [6.45, 7) is 4.68. The standard InChI is InChI=1S/C14H20N2O3/c1-10(2)9-19-12-6-4-5-11(7-12)14(18)16-8-13(17)15-3/h4-7,10H,8-9H2,1-3H3,(H,15,17)(H,16,18). The summed E-state index contributed by atoms with van der Waals surface area (Å²) >= 11 is 0. The summed E-state index contributed by atoms with van der Waals surface area (Å²) in [5, 5.41) is 4.97. The SMILES string of the molecule is CNC(=O)CNC(=O)c1cccc(OCC(C)C)c1. The highest BCUT2D eigenvalue weighted by Crippen LogP contribution is 2.14. The van der Waals surface area contributed by atoms with Crippen molar-refractivity contribution in [1.82, 2.24) is 10.6 Å². The van der Waals surface area contributed by atoms with Crippen LogP contribution in [0.2, 0.25) is 0 Å². The van der Waals surface area contributed by atoms with Crippen molar-refractivity contribution in [3.8, 4) is 5.75 Å². The lowest BCUT2D eigenvalue weighted by molar-refractivity contribution is -0.119. The van der Waals surface area contributed by atoms with Gasteiger partial charge >= 0.3 is 0 Å². The van der Waals surface area contributed by atoms with Gasteiger partial charge in [-0.1, -0.05) is 19.9 Å². The molecular weight excluding hydrogens is 244 g/mol. The number of rotatable bonds is 6. The number of nitrogens with one attached hydrogen (secondary N) is 2. The summed E-state index contributed by atoms with van der Waals surface area (Å²) in [7, 11) is 1.52. The van der Waals surface area contributed by atoms with E-state index in [-0.39, 0.29) is 18.4 Å². The zero-order valence-electron chi connectivity index (χ0n) is 11.5. The number of carbonyl (C=O) groups is 2. The summed E-state index contributed by atoms with van der Waals surface area (Å²) < 4.78 is 5.55. The molecular formula is C14H20N2O3. The second-order valence-corrected chi connectivity index (χ2v) is 4.59. The Balaban J connectivity index is 2.60. The van der Waals surface area contributed by atoms with Crippen LogP contribution in [-0.2, 0) is 4.79 Å². The molecule has 1 aromatic carbocycles. The molecule has 1 rings (SSSR count). The van der Waals surface area contributed by atoms with Crippen LogP contribution >= 0.6 is 0 Å². The highest BCUT2D eigenvalue weighted by atomic mass is 16.5. The van der Waals surface area contributed by atoms with Gasteiger partial charge in [0.1, 0.15) is 5.75 Å². The van der Waals surface area contributed by atoms with Crippen molar-refractivity contribution in [1.29, 1.82) is 0 Å². The van der Waals surface area contributed by atoms with Crippen molar-refractivity contribution in [3.05, 3.63) is 29.8 Å². The predicted octanol–water partition coefficient (Wildman–Crippen LogP) is 1.20. The molecule has 2 N–H and O–H groups in total. The third-order valence-electron chi connectivity index (χ3n) is 2.37. The smallest absolute Gasteiger partial charge is 0.251 e. The first kappa shape index (κ1) is 15.0. The fourth-order valence-corrected chi connectivity index (χ4v) is 1.34. The number of benzene rings is 1. The van der Waals surface area contributed by atoms with E-state index in [1.807, 2.05) is 0 Å². The van der Waals surface area contributed by atoms with Crippen LogP contribution in [0.3, 0.4) is 0 Å². The number of hydrogen-bond acceptors (Lipinski definition) is 3. The van der Waals surface area contributed by atoms with Crippen LogP contribution in [0.5, 0.6) is 5.75 Å².